The molecule has 8 rings (SSSR count). The minimum atomic E-state index is 0.471. The Morgan fingerprint density at radius 2 is 0.962 bits per heavy atom. The van der Waals surface area contributed by atoms with E-state index >= 15 is 0 Å². The predicted octanol–water partition coefficient (Wildman–Crippen LogP) is 13.8. The first-order chi connectivity index (χ1) is 26.0. The lowest BCUT2D eigenvalue weighted by Crippen LogP contribution is -2.19. The largest absolute Gasteiger partial charge is 0.449 e. The van der Waals surface area contributed by atoms with Gasteiger partial charge >= 0.3 is 0 Å². The van der Waals surface area contributed by atoms with Gasteiger partial charge in [-0.25, -0.2) is 0 Å². The maximum absolute atomic E-state index is 6.75. The number of fused-ring (bicyclic) bond motifs is 3. The van der Waals surface area contributed by atoms with E-state index in [1.807, 2.05) is 31.2 Å². The van der Waals surface area contributed by atoms with E-state index in [9.17, 15) is 0 Å². The number of benzene rings is 7. The molecule has 256 valence electrons. The van der Waals surface area contributed by atoms with Gasteiger partial charge in [0.15, 0.2) is 23.0 Å². The summed E-state index contributed by atoms with van der Waals surface area (Å²) in [4.78, 5) is 4.56. The van der Waals surface area contributed by atoms with E-state index in [0.29, 0.717) is 28.6 Å². The molecule has 1 aliphatic rings. The Hall–Kier alpha value is -7.04. The van der Waals surface area contributed by atoms with E-state index in [1.54, 1.807) is 6.08 Å². The molecule has 0 aliphatic carbocycles. The van der Waals surface area contributed by atoms with Gasteiger partial charge in [-0.1, -0.05) is 129 Å². The molecule has 1 aliphatic heterocycles. The zero-order chi connectivity index (χ0) is 36.3. The molecule has 0 radical (unpaired) electrons. The third-order valence-corrected chi connectivity index (χ3v) is 9.40. The molecule has 4 heteroatoms. The molecule has 0 spiro atoms. The van der Waals surface area contributed by atoms with Crippen molar-refractivity contribution in [2.45, 2.75) is 6.92 Å². The molecule has 7 aromatic rings. The first-order valence-electron chi connectivity index (χ1n) is 17.6. The standard InChI is InChI=1S/C49H38N2O2/c1-5-17-34(3)35(4)49-46(6-2)52-47-32-44(50(40-22-9-7-10-23-40)42-28-26-36-18-13-15-20-38(36)30-42)45(33-48(47)53-49)51(41-24-11-8-12-25-41)43-29-27-37-19-14-16-21-39(37)31-43/h5-33H,2-4H2,1H3/b17-5-. The summed E-state index contributed by atoms with van der Waals surface area (Å²) in [6.45, 7) is 14.5. The topological polar surface area (TPSA) is 24.9 Å². The van der Waals surface area contributed by atoms with Crippen LogP contribution in [0, 0.1) is 0 Å². The number of nitrogens with zero attached hydrogens (tertiary/aromatic N) is 2. The molecule has 0 aromatic heterocycles. The van der Waals surface area contributed by atoms with Crippen LogP contribution in [0.15, 0.2) is 218 Å². The zero-order valence-corrected chi connectivity index (χ0v) is 29.6. The van der Waals surface area contributed by atoms with Crippen LogP contribution in [0.1, 0.15) is 6.92 Å². The van der Waals surface area contributed by atoms with Crippen molar-refractivity contribution in [2.24, 2.45) is 0 Å². The molecular weight excluding hydrogens is 649 g/mol. The summed E-state index contributed by atoms with van der Waals surface area (Å²) >= 11 is 0. The number of ether oxygens (including phenoxy) is 2. The van der Waals surface area contributed by atoms with Crippen molar-refractivity contribution < 1.29 is 9.47 Å². The second-order valence-corrected chi connectivity index (χ2v) is 12.8. The normalized spacial score (nSPS) is 12.2. The monoisotopic (exact) mass is 686 g/mol. The van der Waals surface area contributed by atoms with Gasteiger partial charge in [-0.15, -0.1) is 0 Å². The Morgan fingerprint density at radius 1 is 0.509 bits per heavy atom. The Labute approximate surface area is 310 Å². The summed E-state index contributed by atoms with van der Waals surface area (Å²) in [6, 6.07) is 55.0. The first-order valence-corrected chi connectivity index (χ1v) is 17.6. The van der Waals surface area contributed by atoms with Gasteiger partial charge in [0.05, 0.1) is 11.4 Å². The number of para-hydroxylation sites is 2. The number of rotatable bonds is 10. The van der Waals surface area contributed by atoms with E-state index in [4.69, 9.17) is 9.47 Å². The van der Waals surface area contributed by atoms with Crippen LogP contribution in [0.2, 0.25) is 0 Å². The minimum absolute atomic E-state index is 0.471. The molecule has 1 heterocycles. The summed E-state index contributed by atoms with van der Waals surface area (Å²) in [5.74, 6) is 2.05. The van der Waals surface area contributed by atoms with Crippen molar-refractivity contribution in [1.29, 1.82) is 0 Å². The van der Waals surface area contributed by atoms with Gasteiger partial charge in [-0.05, 0) is 88.6 Å². The highest BCUT2D eigenvalue weighted by molar-refractivity contribution is 5.97. The second kappa shape index (κ2) is 14.3. The van der Waals surface area contributed by atoms with Gasteiger partial charge in [0.1, 0.15) is 0 Å². The molecular formula is C49H38N2O2. The second-order valence-electron chi connectivity index (χ2n) is 12.8. The molecule has 0 saturated carbocycles. The number of allylic oxidation sites excluding steroid dienone is 4. The summed E-state index contributed by atoms with van der Waals surface area (Å²) in [7, 11) is 0. The van der Waals surface area contributed by atoms with Crippen molar-refractivity contribution >= 4 is 55.7 Å². The fraction of sp³-hybridized carbons (Fsp3) is 0.0204. The molecule has 0 bridgehead atoms. The SMILES string of the molecule is C=CC1=C(C(=C)C(=C)/C=C\C)Oc2cc(N(c3ccccc3)c3ccc4ccccc4c3)c(N(c3ccccc3)c3ccc4ccccc4c3)cc2O1. The zero-order valence-electron chi connectivity index (χ0n) is 29.6. The maximum atomic E-state index is 6.75. The Morgan fingerprint density at radius 3 is 1.43 bits per heavy atom. The number of anilines is 6. The Balaban J connectivity index is 1.42. The van der Waals surface area contributed by atoms with Gasteiger partial charge in [-0.2, -0.15) is 0 Å². The Kier molecular flexibility index (Phi) is 8.93. The van der Waals surface area contributed by atoms with E-state index in [-0.39, 0.29) is 0 Å². The predicted molar refractivity (Wildman–Crippen MR) is 222 cm³/mol. The molecule has 53 heavy (non-hydrogen) atoms. The van der Waals surface area contributed by atoms with E-state index in [1.165, 1.54) is 10.8 Å². The number of hydrogen-bond donors (Lipinski definition) is 0. The molecule has 0 N–H and O–H groups in total. The maximum Gasteiger partial charge on any atom is 0.177 e. The van der Waals surface area contributed by atoms with Crippen molar-refractivity contribution in [2.75, 3.05) is 9.80 Å². The number of hydrogen-bond acceptors (Lipinski definition) is 4. The third-order valence-electron chi connectivity index (χ3n) is 9.40. The van der Waals surface area contributed by atoms with Crippen LogP contribution in [0.25, 0.3) is 21.5 Å². The van der Waals surface area contributed by atoms with E-state index < -0.39 is 0 Å². The first kappa shape index (κ1) is 33.1. The lowest BCUT2D eigenvalue weighted by molar-refractivity contribution is 0.313. The molecule has 0 saturated heterocycles. The van der Waals surface area contributed by atoms with Gasteiger partial charge in [0, 0.05) is 40.5 Å². The average Bonchev–Trinajstić information content (AvgIpc) is 3.21. The molecule has 0 atom stereocenters. The van der Waals surface area contributed by atoms with Crippen LogP contribution < -0.4 is 19.3 Å². The van der Waals surface area contributed by atoms with Gasteiger partial charge in [0.25, 0.3) is 0 Å². The van der Waals surface area contributed by atoms with Crippen molar-refractivity contribution in [1.82, 2.24) is 0 Å². The van der Waals surface area contributed by atoms with Crippen LogP contribution >= 0.6 is 0 Å². The van der Waals surface area contributed by atoms with Crippen molar-refractivity contribution in [3.05, 3.63) is 218 Å². The smallest absolute Gasteiger partial charge is 0.177 e. The average molecular weight is 687 g/mol. The van der Waals surface area contributed by atoms with Crippen LogP contribution in [0.4, 0.5) is 34.1 Å². The fourth-order valence-electron chi connectivity index (χ4n) is 6.81. The summed E-state index contributed by atoms with van der Waals surface area (Å²) < 4.78 is 13.4. The summed E-state index contributed by atoms with van der Waals surface area (Å²) in [5, 5.41) is 4.61. The van der Waals surface area contributed by atoms with Crippen molar-refractivity contribution in [3.63, 3.8) is 0 Å². The van der Waals surface area contributed by atoms with Gasteiger partial charge in [0.2, 0.25) is 0 Å². The van der Waals surface area contributed by atoms with E-state index in [2.05, 4.69) is 175 Å². The summed E-state index contributed by atoms with van der Waals surface area (Å²) in [6.07, 6.45) is 5.49. The minimum Gasteiger partial charge on any atom is -0.449 e. The van der Waals surface area contributed by atoms with Crippen LogP contribution in [-0.4, -0.2) is 0 Å². The lowest BCUT2D eigenvalue weighted by atomic mass is 10.0. The Bertz CT molecular complexity index is 2580. The molecule has 0 amide bonds. The fourth-order valence-corrected chi connectivity index (χ4v) is 6.81. The highest BCUT2D eigenvalue weighted by atomic mass is 16.6. The summed E-state index contributed by atoms with van der Waals surface area (Å²) in [5.41, 5.74) is 7.07. The lowest BCUT2D eigenvalue weighted by Gasteiger charge is -2.35. The molecule has 7 aromatic carbocycles. The van der Waals surface area contributed by atoms with Gasteiger partial charge < -0.3 is 19.3 Å². The van der Waals surface area contributed by atoms with Crippen LogP contribution in [0.5, 0.6) is 11.5 Å². The molecule has 0 fully saturated rings. The van der Waals surface area contributed by atoms with Crippen molar-refractivity contribution in [3.8, 4) is 11.5 Å². The molecule has 0 unspecified atom stereocenters. The van der Waals surface area contributed by atoms with E-state index in [0.717, 1.165) is 50.5 Å². The van der Waals surface area contributed by atoms with Crippen LogP contribution in [0.3, 0.4) is 0 Å². The highest BCUT2D eigenvalue weighted by Gasteiger charge is 2.30. The van der Waals surface area contributed by atoms with Gasteiger partial charge in [-0.3, -0.25) is 0 Å². The molecule has 4 nitrogen and oxygen atoms in total. The quantitative estimate of drug-likeness (QED) is 0.134. The van der Waals surface area contributed by atoms with Crippen LogP contribution in [-0.2, 0) is 0 Å². The third kappa shape index (κ3) is 6.39. The highest BCUT2D eigenvalue weighted by Crippen LogP contribution is 2.52.